The van der Waals surface area contributed by atoms with E-state index in [0.29, 0.717) is 17.8 Å². The molecule has 0 aliphatic rings. The number of nitrogens with two attached hydrogens (primary N) is 1. The second kappa shape index (κ2) is 4.36. The van der Waals surface area contributed by atoms with Gasteiger partial charge in [0.2, 0.25) is 0 Å². The highest BCUT2D eigenvalue weighted by molar-refractivity contribution is 5.68. The molecular formula is C11H10N4O. The van der Waals surface area contributed by atoms with Gasteiger partial charge in [0, 0.05) is 6.07 Å². The zero-order valence-electron chi connectivity index (χ0n) is 8.47. The van der Waals surface area contributed by atoms with Crippen LogP contribution >= 0.6 is 0 Å². The Bertz CT molecular complexity index is 513. The van der Waals surface area contributed by atoms with Crippen LogP contribution in [0.4, 0.5) is 11.4 Å². The minimum atomic E-state index is 0.510. The molecule has 1 aromatic carbocycles. The van der Waals surface area contributed by atoms with E-state index in [1.807, 2.05) is 0 Å². The molecule has 0 unspecified atom stereocenters. The number of anilines is 2. The van der Waals surface area contributed by atoms with E-state index in [2.05, 4.69) is 16.5 Å². The monoisotopic (exact) mass is 214 g/mol. The normalized spacial score (nSPS) is 9.69. The van der Waals surface area contributed by atoms with Crippen molar-refractivity contribution in [2.75, 3.05) is 11.1 Å². The summed E-state index contributed by atoms with van der Waals surface area (Å²) in [6.07, 6.45) is 1.51. The molecule has 5 heteroatoms. The van der Waals surface area contributed by atoms with Crippen molar-refractivity contribution in [2.24, 2.45) is 0 Å². The van der Waals surface area contributed by atoms with Crippen molar-refractivity contribution >= 4 is 11.4 Å². The van der Waals surface area contributed by atoms with E-state index in [-0.39, 0.29) is 0 Å². The lowest BCUT2D eigenvalue weighted by Gasteiger charge is -2.07. The lowest BCUT2D eigenvalue weighted by atomic mass is 10.2. The van der Waals surface area contributed by atoms with E-state index in [1.54, 1.807) is 24.3 Å². The van der Waals surface area contributed by atoms with Crippen LogP contribution in [-0.4, -0.2) is 5.16 Å². The van der Waals surface area contributed by atoms with Crippen LogP contribution in [0.1, 0.15) is 11.3 Å². The van der Waals surface area contributed by atoms with Crippen LogP contribution in [0.15, 0.2) is 35.1 Å². The zero-order valence-corrected chi connectivity index (χ0v) is 8.47. The van der Waals surface area contributed by atoms with Gasteiger partial charge in [0.15, 0.2) is 0 Å². The van der Waals surface area contributed by atoms with Crippen molar-refractivity contribution in [1.29, 1.82) is 5.26 Å². The number of benzene rings is 1. The third-order valence-corrected chi connectivity index (χ3v) is 2.13. The summed E-state index contributed by atoms with van der Waals surface area (Å²) < 4.78 is 4.70. The predicted octanol–water partition coefficient (Wildman–Crippen LogP) is 1.74. The molecule has 0 aliphatic carbocycles. The fraction of sp³-hybridized carbons (Fsp3) is 0.0909. The molecule has 0 fully saturated rings. The maximum Gasteiger partial charge on any atom is 0.124 e. The highest BCUT2D eigenvalue weighted by Crippen LogP contribution is 2.20. The molecule has 0 saturated heterocycles. The number of nitrogens with zero attached hydrogens (tertiary/aromatic N) is 2. The first-order chi connectivity index (χ1) is 7.79. The van der Waals surface area contributed by atoms with Gasteiger partial charge in [0.05, 0.1) is 29.6 Å². The fourth-order valence-electron chi connectivity index (χ4n) is 1.29. The molecule has 16 heavy (non-hydrogen) atoms. The zero-order chi connectivity index (χ0) is 11.4. The maximum atomic E-state index is 8.76. The highest BCUT2D eigenvalue weighted by atomic mass is 16.5. The van der Waals surface area contributed by atoms with E-state index >= 15 is 0 Å². The van der Waals surface area contributed by atoms with E-state index in [9.17, 15) is 0 Å². The van der Waals surface area contributed by atoms with Crippen molar-refractivity contribution in [1.82, 2.24) is 5.16 Å². The molecule has 0 spiro atoms. The average molecular weight is 214 g/mol. The number of hydrogen-bond acceptors (Lipinski definition) is 5. The van der Waals surface area contributed by atoms with Crippen LogP contribution in [-0.2, 0) is 6.54 Å². The standard InChI is InChI=1S/C11H10N4O/c12-6-8-1-2-10(13)11(5-8)14-7-9-3-4-16-15-9/h1-5,14H,7,13H2. The Balaban J connectivity index is 2.12. The molecule has 0 amide bonds. The highest BCUT2D eigenvalue weighted by Gasteiger charge is 2.02. The smallest absolute Gasteiger partial charge is 0.124 e. The number of nitriles is 1. The summed E-state index contributed by atoms with van der Waals surface area (Å²) in [7, 11) is 0. The molecule has 0 atom stereocenters. The Morgan fingerprint density at radius 3 is 3.00 bits per heavy atom. The molecule has 0 bridgehead atoms. The third-order valence-electron chi connectivity index (χ3n) is 2.13. The molecule has 3 N–H and O–H groups in total. The summed E-state index contributed by atoms with van der Waals surface area (Å²) in [5.74, 6) is 0. The summed E-state index contributed by atoms with van der Waals surface area (Å²) in [4.78, 5) is 0. The fourth-order valence-corrected chi connectivity index (χ4v) is 1.29. The van der Waals surface area contributed by atoms with Gasteiger partial charge in [-0.05, 0) is 18.2 Å². The number of rotatable bonds is 3. The second-order valence-electron chi connectivity index (χ2n) is 3.26. The first kappa shape index (κ1) is 10.1. The van der Waals surface area contributed by atoms with Crippen LogP contribution in [0.5, 0.6) is 0 Å². The van der Waals surface area contributed by atoms with E-state index < -0.39 is 0 Å². The predicted molar refractivity (Wildman–Crippen MR) is 59.4 cm³/mol. The lowest BCUT2D eigenvalue weighted by molar-refractivity contribution is 0.412. The van der Waals surface area contributed by atoms with Gasteiger partial charge in [0.25, 0.3) is 0 Å². The minimum Gasteiger partial charge on any atom is -0.397 e. The quantitative estimate of drug-likeness (QED) is 0.760. The molecule has 2 aromatic rings. The van der Waals surface area contributed by atoms with Gasteiger partial charge < -0.3 is 15.6 Å². The van der Waals surface area contributed by atoms with Gasteiger partial charge in [-0.2, -0.15) is 5.26 Å². The van der Waals surface area contributed by atoms with Gasteiger partial charge in [-0.25, -0.2) is 0 Å². The molecule has 0 radical (unpaired) electrons. The molecule has 5 nitrogen and oxygen atoms in total. The lowest BCUT2D eigenvalue weighted by Crippen LogP contribution is -2.02. The molecule has 2 rings (SSSR count). The van der Waals surface area contributed by atoms with Crippen LogP contribution < -0.4 is 11.1 Å². The summed E-state index contributed by atoms with van der Waals surface area (Å²) in [5, 5.41) is 15.6. The van der Waals surface area contributed by atoms with Gasteiger partial charge in [0.1, 0.15) is 12.0 Å². The number of aromatic nitrogens is 1. The van der Waals surface area contributed by atoms with Crippen molar-refractivity contribution < 1.29 is 4.52 Å². The Morgan fingerprint density at radius 1 is 1.44 bits per heavy atom. The summed E-state index contributed by atoms with van der Waals surface area (Å²) >= 11 is 0. The van der Waals surface area contributed by atoms with Crippen LogP contribution in [0, 0.1) is 11.3 Å². The number of hydrogen-bond donors (Lipinski definition) is 2. The summed E-state index contributed by atoms with van der Waals surface area (Å²) in [5.41, 5.74) is 8.44. The minimum absolute atomic E-state index is 0.510. The van der Waals surface area contributed by atoms with E-state index in [1.165, 1.54) is 6.26 Å². The second-order valence-corrected chi connectivity index (χ2v) is 3.26. The Kier molecular flexibility index (Phi) is 2.74. The first-order valence-electron chi connectivity index (χ1n) is 4.72. The topological polar surface area (TPSA) is 87.9 Å². The van der Waals surface area contributed by atoms with Gasteiger partial charge >= 0.3 is 0 Å². The molecule has 1 aromatic heterocycles. The first-order valence-corrected chi connectivity index (χ1v) is 4.72. The van der Waals surface area contributed by atoms with Crippen molar-refractivity contribution in [3.63, 3.8) is 0 Å². The van der Waals surface area contributed by atoms with Crippen molar-refractivity contribution in [3.05, 3.63) is 41.8 Å². The Morgan fingerprint density at radius 2 is 2.31 bits per heavy atom. The van der Waals surface area contributed by atoms with E-state index in [0.717, 1.165) is 11.4 Å². The Hall–Kier alpha value is -2.48. The van der Waals surface area contributed by atoms with Crippen LogP contribution in [0.3, 0.4) is 0 Å². The molecular weight excluding hydrogens is 204 g/mol. The maximum absolute atomic E-state index is 8.76. The molecule has 0 saturated carbocycles. The summed E-state index contributed by atoms with van der Waals surface area (Å²) in [6.45, 7) is 0.510. The summed E-state index contributed by atoms with van der Waals surface area (Å²) in [6, 6.07) is 8.90. The van der Waals surface area contributed by atoms with Gasteiger partial charge in [-0.3, -0.25) is 0 Å². The van der Waals surface area contributed by atoms with Crippen LogP contribution in [0.2, 0.25) is 0 Å². The van der Waals surface area contributed by atoms with Crippen molar-refractivity contribution in [2.45, 2.75) is 6.54 Å². The third kappa shape index (κ3) is 2.12. The van der Waals surface area contributed by atoms with Gasteiger partial charge in [-0.1, -0.05) is 5.16 Å². The van der Waals surface area contributed by atoms with Gasteiger partial charge in [-0.15, -0.1) is 0 Å². The molecule has 80 valence electrons. The van der Waals surface area contributed by atoms with Crippen LogP contribution in [0.25, 0.3) is 0 Å². The number of nitrogens with one attached hydrogen (secondary N) is 1. The van der Waals surface area contributed by atoms with E-state index in [4.69, 9.17) is 15.5 Å². The average Bonchev–Trinajstić information content (AvgIpc) is 2.81. The largest absolute Gasteiger partial charge is 0.397 e. The SMILES string of the molecule is N#Cc1ccc(N)c(NCc2ccon2)c1. The van der Waals surface area contributed by atoms with Crippen molar-refractivity contribution in [3.8, 4) is 6.07 Å². The molecule has 1 heterocycles. The number of nitrogen functional groups attached to an aromatic ring is 1. The molecule has 0 aliphatic heterocycles. The Labute approximate surface area is 92.5 Å².